The number of nitrogens with one attached hydrogen (secondary N) is 1. The van der Waals surface area contributed by atoms with Gasteiger partial charge in [0.25, 0.3) is 0 Å². The van der Waals surface area contributed by atoms with E-state index in [0.717, 1.165) is 24.9 Å². The molecule has 0 radical (unpaired) electrons. The van der Waals surface area contributed by atoms with E-state index in [9.17, 15) is 18.0 Å². The van der Waals surface area contributed by atoms with Gasteiger partial charge < -0.3 is 15.0 Å². The molecule has 1 unspecified atom stereocenters. The number of nitrogens with zero attached hydrogens (tertiary/aromatic N) is 1. The van der Waals surface area contributed by atoms with E-state index in [-0.39, 0.29) is 30.0 Å². The van der Waals surface area contributed by atoms with Crippen molar-refractivity contribution in [2.45, 2.75) is 25.7 Å². The first-order chi connectivity index (χ1) is 10.3. The van der Waals surface area contributed by atoms with Gasteiger partial charge in [-0.25, -0.2) is 0 Å². The van der Waals surface area contributed by atoms with Crippen LogP contribution in [0.2, 0.25) is 0 Å². The molecule has 130 valence electrons. The third kappa shape index (κ3) is 6.27. The average Bonchev–Trinajstić information content (AvgIpc) is 2.48. The summed E-state index contributed by atoms with van der Waals surface area (Å²) in [6.45, 7) is 1.98. The summed E-state index contributed by atoms with van der Waals surface area (Å²) in [6.07, 6.45) is -2.84. The van der Waals surface area contributed by atoms with Crippen LogP contribution in [0.15, 0.2) is 24.3 Å². The second-order valence-electron chi connectivity index (χ2n) is 5.43. The van der Waals surface area contributed by atoms with Crippen molar-refractivity contribution in [2.24, 2.45) is 5.92 Å². The van der Waals surface area contributed by atoms with Crippen LogP contribution in [-0.2, 0) is 11.3 Å². The number of hydrogen-bond donors (Lipinski definition) is 1. The molecule has 0 aromatic heterocycles. The molecule has 23 heavy (non-hydrogen) atoms. The average molecular weight is 353 g/mol. The largest absolute Gasteiger partial charge is 0.573 e. The molecule has 2 rings (SSSR count). The predicted octanol–water partition coefficient (Wildman–Crippen LogP) is 2.97. The molecule has 1 aromatic rings. The molecule has 1 aliphatic heterocycles. The van der Waals surface area contributed by atoms with Gasteiger partial charge in [-0.3, -0.25) is 4.79 Å². The van der Waals surface area contributed by atoms with E-state index >= 15 is 0 Å². The van der Waals surface area contributed by atoms with Gasteiger partial charge in [-0.2, -0.15) is 0 Å². The highest BCUT2D eigenvalue weighted by atomic mass is 35.5. The minimum Gasteiger partial charge on any atom is -0.406 e. The molecule has 1 fully saturated rings. The molecule has 0 bridgehead atoms. The Labute approximate surface area is 139 Å². The smallest absolute Gasteiger partial charge is 0.406 e. The number of hydrogen-bond acceptors (Lipinski definition) is 3. The van der Waals surface area contributed by atoms with Crippen molar-refractivity contribution in [1.82, 2.24) is 10.2 Å². The first kappa shape index (κ1) is 19.6. The van der Waals surface area contributed by atoms with Crippen LogP contribution in [0.1, 0.15) is 18.4 Å². The summed E-state index contributed by atoms with van der Waals surface area (Å²) in [5.41, 5.74) is 0.758. The number of benzene rings is 1. The number of amides is 1. The van der Waals surface area contributed by atoms with E-state index in [1.54, 1.807) is 11.9 Å². The Kier molecular flexibility index (Phi) is 7.15. The minimum absolute atomic E-state index is 0. The number of alkyl halides is 3. The molecular weight excluding hydrogens is 333 g/mol. The highest BCUT2D eigenvalue weighted by Gasteiger charge is 2.31. The number of ether oxygens (including phenoxy) is 1. The van der Waals surface area contributed by atoms with Crippen molar-refractivity contribution in [1.29, 1.82) is 0 Å². The van der Waals surface area contributed by atoms with Crippen LogP contribution in [0, 0.1) is 5.92 Å². The molecule has 1 atom stereocenters. The number of halogens is 4. The van der Waals surface area contributed by atoms with Crippen molar-refractivity contribution >= 4 is 18.3 Å². The molecule has 1 aromatic carbocycles. The monoisotopic (exact) mass is 352 g/mol. The zero-order valence-corrected chi connectivity index (χ0v) is 13.5. The van der Waals surface area contributed by atoms with E-state index in [1.807, 2.05) is 0 Å². The lowest BCUT2D eigenvalue weighted by Gasteiger charge is -2.27. The van der Waals surface area contributed by atoms with Gasteiger partial charge in [-0.05, 0) is 37.1 Å². The number of carbonyl (C=O) groups is 1. The van der Waals surface area contributed by atoms with Gasteiger partial charge in [0.1, 0.15) is 5.75 Å². The molecule has 1 heterocycles. The third-order valence-electron chi connectivity index (χ3n) is 3.60. The fraction of sp³-hybridized carbons (Fsp3) is 0.533. The van der Waals surface area contributed by atoms with Crippen LogP contribution in [0.25, 0.3) is 0 Å². The fourth-order valence-electron chi connectivity index (χ4n) is 2.52. The second-order valence-corrected chi connectivity index (χ2v) is 5.43. The van der Waals surface area contributed by atoms with Crippen molar-refractivity contribution in [3.05, 3.63) is 29.8 Å². The summed E-state index contributed by atoms with van der Waals surface area (Å²) in [7, 11) is 1.71. The highest BCUT2D eigenvalue weighted by Crippen LogP contribution is 2.23. The first-order valence-corrected chi connectivity index (χ1v) is 7.15. The SMILES string of the molecule is CN(Cc1ccc(OC(F)(F)F)cc1)C(=O)C1CCCNC1.Cl. The van der Waals surface area contributed by atoms with Crippen molar-refractivity contribution in [3.63, 3.8) is 0 Å². The summed E-state index contributed by atoms with van der Waals surface area (Å²) in [5.74, 6) is -0.226. The van der Waals surface area contributed by atoms with Gasteiger partial charge in [0, 0.05) is 20.1 Å². The van der Waals surface area contributed by atoms with Crippen LogP contribution in [-0.4, -0.2) is 37.3 Å². The van der Waals surface area contributed by atoms with Crippen LogP contribution in [0.5, 0.6) is 5.75 Å². The predicted molar refractivity (Wildman–Crippen MR) is 82.4 cm³/mol. The van der Waals surface area contributed by atoms with Gasteiger partial charge in [-0.1, -0.05) is 12.1 Å². The molecule has 0 saturated carbocycles. The maximum absolute atomic E-state index is 12.3. The van der Waals surface area contributed by atoms with Crippen LogP contribution < -0.4 is 10.1 Å². The lowest BCUT2D eigenvalue weighted by Crippen LogP contribution is -2.41. The Morgan fingerprint density at radius 2 is 2.00 bits per heavy atom. The van der Waals surface area contributed by atoms with Gasteiger partial charge in [0.15, 0.2) is 0 Å². The molecule has 1 N–H and O–H groups in total. The van der Waals surface area contributed by atoms with E-state index in [2.05, 4.69) is 10.1 Å². The molecule has 1 aliphatic rings. The van der Waals surface area contributed by atoms with E-state index < -0.39 is 6.36 Å². The van der Waals surface area contributed by atoms with Crippen molar-refractivity contribution in [3.8, 4) is 5.75 Å². The van der Waals surface area contributed by atoms with Gasteiger partial charge in [0.2, 0.25) is 5.91 Å². The number of piperidine rings is 1. The second kappa shape index (κ2) is 8.40. The molecular formula is C15H20ClF3N2O2. The summed E-state index contributed by atoms with van der Waals surface area (Å²) >= 11 is 0. The van der Waals surface area contributed by atoms with Crippen molar-refractivity contribution in [2.75, 3.05) is 20.1 Å². The number of rotatable bonds is 4. The zero-order valence-electron chi connectivity index (χ0n) is 12.7. The number of carbonyl (C=O) groups excluding carboxylic acids is 1. The molecule has 0 spiro atoms. The van der Waals surface area contributed by atoms with Crippen LogP contribution in [0.3, 0.4) is 0 Å². The van der Waals surface area contributed by atoms with E-state index in [4.69, 9.17) is 0 Å². The minimum atomic E-state index is -4.69. The first-order valence-electron chi connectivity index (χ1n) is 7.15. The quantitative estimate of drug-likeness (QED) is 0.905. The summed E-state index contributed by atoms with van der Waals surface area (Å²) in [5, 5.41) is 3.19. The highest BCUT2D eigenvalue weighted by molar-refractivity contribution is 5.85. The zero-order chi connectivity index (χ0) is 16.2. The normalized spacial score (nSPS) is 18.0. The Morgan fingerprint density at radius 3 is 2.52 bits per heavy atom. The van der Waals surface area contributed by atoms with Gasteiger partial charge in [0.05, 0.1) is 5.92 Å². The lowest BCUT2D eigenvalue weighted by atomic mass is 9.98. The van der Waals surface area contributed by atoms with E-state index in [1.165, 1.54) is 24.3 Å². The molecule has 4 nitrogen and oxygen atoms in total. The topological polar surface area (TPSA) is 41.6 Å². The molecule has 1 saturated heterocycles. The third-order valence-corrected chi connectivity index (χ3v) is 3.60. The maximum Gasteiger partial charge on any atom is 0.573 e. The van der Waals surface area contributed by atoms with Gasteiger partial charge >= 0.3 is 6.36 Å². The summed E-state index contributed by atoms with van der Waals surface area (Å²) < 4.78 is 40.1. The standard InChI is InChI=1S/C15H19F3N2O2.ClH/c1-20(14(21)12-3-2-8-19-9-12)10-11-4-6-13(7-5-11)22-15(16,17)18;/h4-7,12,19H,2-3,8-10H2,1H3;1H. The Hall–Kier alpha value is -1.47. The molecule has 0 aliphatic carbocycles. The summed E-state index contributed by atoms with van der Waals surface area (Å²) in [4.78, 5) is 13.9. The summed E-state index contributed by atoms with van der Waals surface area (Å²) in [6, 6.07) is 5.57. The van der Waals surface area contributed by atoms with Crippen LogP contribution in [0.4, 0.5) is 13.2 Å². The molecule has 8 heteroatoms. The Balaban J connectivity index is 0.00000264. The van der Waals surface area contributed by atoms with E-state index in [0.29, 0.717) is 13.1 Å². The fourth-order valence-corrected chi connectivity index (χ4v) is 2.52. The van der Waals surface area contributed by atoms with Gasteiger partial charge in [-0.15, -0.1) is 25.6 Å². The van der Waals surface area contributed by atoms with Crippen LogP contribution >= 0.6 is 12.4 Å². The maximum atomic E-state index is 12.3. The van der Waals surface area contributed by atoms with Crippen molar-refractivity contribution < 1.29 is 22.7 Å². The lowest BCUT2D eigenvalue weighted by molar-refractivity contribution is -0.274. The Bertz CT molecular complexity index is 502. The Morgan fingerprint density at radius 1 is 1.35 bits per heavy atom. The molecule has 1 amide bonds.